The lowest BCUT2D eigenvalue weighted by Gasteiger charge is -2.19. The van der Waals surface area contributed by atoms with Gasteiger partial charge in [0.15, 0.2) is 0 Å². The van der Waals surface area contributed by atoms with Crippen molar-refractivity contribution in [1.29, 1.82) is 0 Å². The highest BCUT2D eigenvalue weighted by molar-refractivity contribution is 5.15. The molecule has 0 aromatic carbocycles. The molecule has 2 rings (SSSR count). The predicted molar refractivity (Wildman–Crippen MR) is 64.5 cm³/mol. The number of pyridine rings is 1. The molecule has 88 valence electrons. The summed E-state index contributed by atoms with van der Waals surface area (Å²) in [5.41, 5.74) is 0. The molecule has 0 bridgehead atoms. The van der Waals surface area contributed by atoms with Crippen molar-refractivity contribution >= 4 is 0 Å². The molecule has 3 nitrogen and oxygen atoms in total. The molecule has 1 aliphatic heterocycles. The first-order valence-electron chi connectivity index (χ1n) is 6.02. The lowest BCUT2D eigenvalue weighted by Crippen LogP contribution is -2.30. The summed E-state index contributed by atoms with van der Waals surface area (Å²) in [6.07, 6.45) is 6.06. The minimum absolute atomic E-state index is 0.560. The molecular weight excluding hydrogens is 200 g/mol. The Kier molecular flexibility index (Phi) is 3.78. The van der Waals surface area contributed by atoms with Gasteiger partial charge in [-0.05, 0) is 31.5 Å². The Morgan fingerprint density at radius 1 is 1.56 bits per heavy atom. The van der Waals surface area contributed by atoms with Gasteiger partial charge in [0.2, 0.25) is 0 Å². The summed E-state index contributed by atoms with van der Waals surface area (Å²) >= 11 is 0. The Balaban J connectivity index is 1.82. The van der Waals surface area contributed by atoms with Crippen LogP contribution >= 0.6 is 0 Å². The van der Waals surface area contributed by atoms with Crippen molar-refractivity contribution in [3.05, 3.63) is 24.5 Å². The van der Waals surface area contributed by atoms with Crippen LogP contribution in [0.25, 0.3) is 0 Å². The van der Waals surface area contributed by atoms with E-state index in [1.165, 1.54) is 19.4 Å². The van der Waals surface area contributed by atoms with Gasteiger partial charge >= 0.3 is 0 Å². The number of rotatable bonds is 4. The standard InChI is InChI=1S/C13H20N2O/c1-3-11-7-12(15(2)9-11)10-16-13-5-4-6-14-8-13/h4-6,8,11-12H,3,7,9-10H2,1-2H3/t11-,12+/m1/s1. The summed E-state index contributed by atoms with van der Waals surface area (Å²) in [6.45, 7) is 4.25. The van der Waals surface area contributed by atoms with Crippen LogP contribution in [-0.4, -0.2) is 36.1 Å². The van der Waals surface area contributed by atoms with E-state index in [2.05, 4.69) is 23.9 Å². The quantitative estimate of drug-likeness (QED) is 0.777. The molecule has 2 atom stereocenters. The third-order valence-electron chi connectivity index (χ3n) is 3.43. The van der Waals surface area contributed by atoms with Gasteiger partial charge in [-0.3, -0.25) is 9.88 Å². The first-order valence-corrected chi connectivity index (χ1v) is 6.02. The van der Waals surface area contributed by atoms with Gasteiger partial charge in [-0.2, -0.15) is 0 Å². The van der Waals surface area contributed by atoms with Crippen LogP contribution in [0.5, 0.6) is 5.75 Å². The molecule has 1 aromatic heterocycles. The molecule has 0 radical (unpaired) electrons. The summed E-state index contributed by atoms with van der Waals surface area (Å²) in [7, 11) is 2.19. The molecule has 0 N–H and O–H groups in total. The minimum atomic E-state index is 0.560. The zero-order valence-electron chi connectivity index (χ0n) is 10.1. The highest BCUT2D eigenvalue weighted by atomic mass is 16.5. The summed E-state index contributed by atoms with van der Waals surface area (Å²) in [4.78, 5) is 6.45. The molecule has 0 spiro atoms. The van der Waals surface area contributed by atoms with E-state index in [9.17, 15) is 0 Å². The highest BCUT2D eigenvalue weighted by Crippen LogP contribution is 2.24. The Bertz CT molecular complexity index is 315. The number of nitrogens with zero attached hydrogens (tertiary/aromatic N) is 2. The largest absolute Gasteiger partial charge is 0.490 e. The van der Waals surface area contributed by atoms with Crippen LogP contribution < -0.4 is 4.74 Å². The van der Waals surface area contributed by atoms with E-state index in [0.29, 0.717) is 6.04 Å². The van der Waals surface area contributed by atoms with Crippen molar-refractivity contribution in [3.63, 3.8) is 0 Å². The van der Waals surface area contributed by atoms with Gasteiger partial charge < -0.3 is 4.74 Å². The van der Waals surface area contributed by atoms with Gasteiger partial charge in [0.25, 0.3) is 0 Å². The van der Waals surface area contributed by atoms with Crippen molar-refractivity contribution in [2.24, 2.45) is 5.92 Å². The molecule has 0 aliphatic carbocycles. The van der Waals surface area contributed by atoms with Gasteiger partial charge in [0.05, 0.1) is 6.20 Å². The number of likely N-dealkylation sites (tertiary alicyclic amines) is 1. The second kappa shape index (κ2) is 5.30. The highest BCUT2D eigenvalue weighted by Gasteiger charge is 2.28. The van der Waals surface area contributed by atoms with Crippen LogP contribution in [0.2, 0.25) is 0 Å². The Morgan fingerprint density at radius 2 is 2.44 bits per heavy atom. The normalized spacial score (nSPS) is 25.9. The molecule has 16 heavy (non-hydrogen) atoms. The van der Waals surface area contributed by atoms with Gasteiger partial charge in [-0.25, -0.2) is 0 Å². The van der Waals surface area contributed by atoms with Crippen molar-refractivity contribution in [2.75, 3.05) is 20.2 Å². The van der Waals surface area contributed by atoms with Crippen LogP contribution in [0.4, 0.5) is 0 Å². The molecule has 1 aliphatic rings. The van der Waals surface area contributed by atoms with Crippen molar-refractivity contribution in [2.45, 2.75) is 25.8 Å². The zero-order chi connectivity index (χ0) is 11.4. The van der Waals surface area contributed by atoms with Gasteiger partial charge in [-0.15, -0.1) is 0 Å². The molecule has 1 aromatic rings. The van der Waals surface area contributed by atoms with E-state index in [-0.39, 0.29) is 0 Å². The molecule has 1 saturated heterocycles. The molecule has 0 amide bonds. The van der Waals surface area contributed by atoms with Crippen LogP contribution in [0, 0.1) is 5.92 Å². The Hall–Kier alpha value is -1.09. The summed E-state index contributed by atoms with van der Waals surface area (Å²) < 4.78 is 5.75. The maximum absolute atomic E-state index is 5.75. The Morgan fingerprint density at radius 3 is 3.06 bits per heavy atom. The fourth-order valence-electron chi connectivity index (χ4n) is 2.31. The second-order valence-corrected chi connectivity index (χ2v) is 4.60. The van der Waals surface area contributed by atoms with E-state index in [4.69, 9.17) is 4.74 Å². The van der Waals surface area contributed by atoms with E-state index < -0.39 is 0 Å². The minimum Gasteiger partial charge on any atom is -0.490 e. The van der Waals surface area contributed by atoms with Gasteiger partial charge in [0, 0.05) is 18.8 Å². The summed E-state index contributed by atoms with van der Waals surface area (Å²) in [6, 6.07) is 4.42. The third-order valence-corrected chi connectivity index (χ3v) is 3.43. The van der Waals surface area contributed by atoms with E-state index >= 15 is 0 Å². The molecule has 1 fully saturated rings. The number of likely N-dealkylation sites (N-methyl/N-ethyl adjacent to an activating group) is 1. The third kappa shape index (κ3) is 2.73. The maximum Gasteiger partial charge on any atom is 0.137 e. The van der Waals surface area contributed by atoms with E-state index in [1.807, 2.05) is 12.1 Å². The molecule has 2 heterocycles. The van der Waals surface area contributed by atoms with E-state index in [1.54, 1.807) is 12.4 Å². The maximum atomic E-state index is 5.75. The fourth-order valence-corrected chi connectivity index (χ4v) is 2.31. The molecule has 0 saturated carbocycles. The lowest BCUT2D eigenvalue weighted by atomic mass is 10.0. The number of ether oxygens (including phenoxy) is 1. The average Bonchev–Trinajstić information content (AvgIpc) is 2.69. The second-order valence-electron chi connectivity index (χ2n) is 4.60. The fraction of sp³-hybridized carbons (Fsp3) is 0.615. The predicted octanol–water partition coefficient (Wildman–Crippen LogP) is 2.19. The molecular formula is C13H20N2O. The van der Waals surface area contributed by atoms with Crippen molar-refractivity contribution in [1.82, 2.24) is 9.88 Å². The number of aromatic nitrogens is 1. The lowest BCUT2D eigenvalue weighted by molar-refractivity contribution is 0.198. The van der Waals surface area contributed by atoms with Crippen LogP contribution in [0.1, 0.15) is 19.8 Å². The summed E-state index contributed by atoms with van der Waals surface area (Å²) in [5, 5.41) is 0. The monoisotopic (exact) mass is 220 g/mol. The smallest absolute Gasteiger partial charge is 0.137 e. The molecule has 3 heteroatoms. The van der Waals surface area contributed by atoms with Gasteiger partial charge in [-0.1, -0.05) is 13.3 Å². The Labute approximate surface area is 97.4 Å². The number of hydrogen-bond acceptors (Lipinski definition) is 3. The van der Waals surface area contributed by atoms with E-state index in [0.717, 1.165) is 18.3 Å². The zero-order valence-corrected chi connectivity index (χ0v) is 10.1. The van der Waals surface area contributed by atoms with Gasteiger partial charge in [0.1, 0.15) is 12.4 Å². The first kappa shape index (κ1) is 11.4. The average molecular weight is 220 g/mol. The number of hydrogen-bond donors (Lipinski definition) is 0. The van der Waals surface area contributed by atoms with Crippen LogP contribution in [-0.2, 0) is 0 Å². The SMILES string of the molecule is CC[C@@H]1C[C@@H](COc2cccnc2)N(C)C1. The summed E-state index contributed by atoms with van der Waals surface area (Å²) in [5.74, 6) is 1.71. The topological polar surface area (TPSA) is 25.4 Å². The molecule has 0 unspecified atom stereocenters. The van der Waals surface area contributed by atoms with Crippen molar-refractivity contribution < 1.29 is 4.74 Å². The van der Waals surface area contributed by atoms with Crippen LogP contribution in [0.3, 0.4) is 0 Å². The first-order chi connectivity index (χ1) is 7.79. The van der Waals surface area contributed by atoms with Crippen LogP contribution in [0.15, 0.2) is 24.5 Å². The van der Waals surface area contributed by atoms with Crippen molar-refractivity contribution in [3.8, 4) is 5.75 Å².